The van der Waals surface area contributed by atoms with Crippen LogP contribution in [-0.4, -0.2) is 6.61 Å². The number of halogens is 1. The zero-order chi connectivity index (χ0) is 13.3. The van der Waals surface area contributed by atoms with Crippen molar-refractivity contribution in [1.29, 1.82) is 0 Å². The Balaban J connectivity index is 1.69. The summed E-state index contributed by atoms with van der Waals surface area (Å²) in [5.74, 6) is 2.61. The summed E-state index contributed by atoms with van der Waals surface area (Å²) in [5, 5.41) is 0. The zero-order valence-corrected chi connectivity index (χ0v) is 12.2. The van der Waals surface area contributed by atoms with Crippen LogP contribution in [0.5, 0.6) is 0 Å². The Morgan fingerprint density at radius 1 is 0.789 bits per heavy atom. The van der Waals surface area contributed by atoms with Crippen LogP contribution in [0.2, 0.25) is 0 Å². The van der Waals surface area contributed by atoms with Crippen LogP contribution in [0.3, 0.4) is 0 Å². The Morgan fingerprint density at radius 2 is 1.37 bits per heavy atom. The predicted molar refractivity (Wildman–Crippen MR) is 77.5 cm³/mol. The lowest BCUT2D eigenvalue weighted by molar-refractivity contribution is 0.120. The fourth-order valence-electron chi connectivity index (χ4n) is 4.01. The predicted octanol–water partition coefficient (Wildman–Crippen LogP) is 5.61. The van der Waals surface area contributed by atoms with E-state index in [0.717, 1.165) is 11.8 Å². The van der Waals surface area contributed by atoms with Crippen molar-refractivity contribution < 1.29 is 9.13 Å². The Bertz CT molecular complexity index is 248. The van der Waals surface area contributed by atoms with Gasteiger partial charge in [-0.25, -0.2) is 4.39 Å². The molecular weight excluding hydrogens is 239 g/mol. The number of rotatable bonds is 4. The fraction of sp³-hybridized carbons (Fsp3) is 0.882. The lowest BCUT2D eigenvalue weighted by Gasteiger charge is -2.34. The van der Waals surface area contributed by atoms with Gasteiger partial charge in [-0.2, -0.15) is 0 Å². The van der Waals surface area contributed by atoms with E-state index in [4.69, 9.17) is 4.74 Å². The molecule has 0 aliphatic heterocycles. The van der Waals surface area contributed by atoms with E-state index < -0.39 is 0 Å². The SMILES string of the molecule is F/C=C\OCC1CCC(C2CCCCCCC2)CC1. The van der Waals surface area contributed by atoms with Gasteiger partial charge in [0.15, 0.2) is 0 Å². The molecule has 0 radical (unpaired) electrons. The van der Waals surface area contributed by atoms with E-state index in [1.165, 1.54) is 76.9 Å². The molecular formula is C17H29FO. The maximum atomic E-state index is 11.8. The summed E-state index contributed by atoms with van der Waals surface area (Å²) < 4.78 is 17.0. The minimum Gasteiger partial charge on any atom is -0.499 e. The van der Waals surface area contributed by atoms with Gasteiger partial charge in [0.1, 0.15) is 12.6 Å². The summed E-state index contributed by atoms with van der Waals surface area (Å²) in [6.45, 7) is 0.706. The van der Waals surface area contributed by atoms with Crippen LogP contribution in [0.1, 0.15) is 70.6 Å². The molecule has 0 amide bonds. The van der Waals surface area contributed by atoms with Crippen LogP contribution in [0.4, 0.5) is 4.39 Å². The van der Waals surface area contributed by atoms with E-state index in [9.17, 15) is 4.39 Å². The zero-order valence-electron chi connectivity index (χ0n) is 12.2. The lowest BCUT2D eigenvalue weighted by Crippen LogP contribution is -2.24. The van der Waals surface area contributed by atoms with Crippen molar-refractivity contribution in [3.63, 3.8) is 0 Å². The minimum absolute atomic E-state index is 0.486. The second-order valence-corrected chi connectivity index (χ2v) is 6.48. The highest BCUT2D eigenvalue weighted by molar-refractivity contribution is 4.79. The largest absolute Gasteiger partial charge is 0.499 e. The first-order chi connectivity index (χ1) is 9.40. The van der Waals surface area contributed by atoms with E-state index in [2.05, 4.69) is 0 Å². The molecule has 1 nitrogen and oxygen atoms in total. The summed E-state index contributed by atoms with van der Waals surface area (Å²) >= 11 is 0. The van der Waals surface area contributed by atoms with Gasteiger partial charge in [0, 0.05) is 0 Å². The van der Waals surface area contributed by atoms with Gasteiger partial charge in [0.2, 0.25) is 0 Å². The molecule has 2 heteroatoms. The highest BCUT2D eigenvalue weighted by Crippen LogP contribution is 2.38. The standard InChI is InChI=1S/C17H29FO/c18-12-13-19-14-15-8-10-17(11-9-15)16-6-4-2-1-3-5-7-16/h12-13,15-17H,1-11,14H2/b13-12-. The van der Waals surface area contributed by atoms with E-state index in [1.54, 1.807) is 0 Å². The molecule has 0 aromatic carbocycles. The summed E-state index contributed by atoms with van der Waals surface area (Å²) in [7, 11) is 0. The molecule has 0 aromatic heterocycles. The molecule has 2 aliphatic carbocycles. The minimum atomic E-state index is 0.486. The van der Waals surface area contributed by atoms with Crippen molar-refractivity contribution >= 4 is 0 Å². The van der Waals surface area contributed by atoms with Gasteiger partial charge in [-0.3, -0.25) is 0 Å². The highest BCUT2D eigenvalue weighted by Gasteiger charge is 2.27. The highest BCUT2D eigenvalue weighted by atomic mass is 19.1. The lowest BCUT2D eigenvalue weighted by atomic mass is 9.72. The quantitative estimate of drug-likeness (QED) is 0.602. The van der Waals surface area contributed by atoms with Crippen molar-refractivity contribution in [1.82, 2.24) is 0 Å². The number of hydrogen-bond donors (Lipinski definition) is 0. The van der Waals surface area contributed by atoms with E-state index in [-0.39, 0.29) is 0 Å². The topological polar surface area (TPSA) is 9.23 Å². The third-order valence-corrected chi connectivity index (χ3v) is 5.19. The van der Waals surface area contributed by atoms with Gasteiger partial charge in [-0.05, 0) is 43.4 Å². The van der Waals surface area contributed by atoms with Crippen molar-refractivity contribution in [2.75, 3.05) is 6.61 Å². The summed E-state index contributed by atoms with van der Waals surface area (Å²) in [4.78, 5) is 0. The number of hydrogen-bond acceptors (Lipinski definition) is 1. The van der Waals surface area contributed by atoms with Crippen LogP contribution in [0.25, 0.3) is 0 Å². The van der Waals surface area contributed by atoms with Crippen LogP contribution < -0.4 is 0 Å². The molecule has 0 heterocycles. The van der Waals surface area contributed by atoms with Crippen molar-refractivity contribution in [3.8, 4) is 0 Å². The first kappa shape index (κ1) is 14.9. The van der Waals surface area contributed by atoms with E-state index in [1.807, 2.05) is 0 Å². The molecule has 0 saturated heterocycles. The summed E-state index contributed by atoms with van der Waals surface area (Å²) in [6.07, 6.45) is 17.2. The average molecular weight is 268 g/mol. The Labute approximate surface area is 117 Å². The van der Waals surface area contributed by atoms with Crippen LogP contribution in [0.15, 0.2) is 12.6 Å². The molecule has 0 bridgehead atoms. The molecule has 2 fully saturated rings. The molecule has 0 atom stereocenters. The molecule has 2 saturated carbocycles. The second-order valence-electron chi connectivity index (χ2n) is 6.48. The second kappa shape index (κ2) is 8.60. The monoisotopic (exact) mass is 268 g/mol. The Hall–Kier alpha value is -0.530. The van der Waals surface area contributed by atoms with Gasteiger partial charge in [-0.15, -0.1) is 0 Å². The van der Waals surface area contributed by atoms with Crippen molar-refractivity contribution in [2.24, 2.45) is 17.8 Å². The van der Waals surface area contributed by atoms with Gasteiger partial charge in [0.25, 0.3) is 0 Å². The summed E-state index contributed by atoms with van der Waals surface area (Å²) in [6, 6.07) is 0. The molecule has 110 valence electrons. The third kappa shape index (κ3) is 5.16. The number of ether oxygens (including phenoxy) is 1. The van der Waals surface area contributed by atoms with Crippen LogP contribution >= 0.6 is 0 Å². The molecule has 2 aliphatic rings. The summed E-state index contributed by atoms with van der Waals surface area (Å²) in [5.41, 5.74) is 0. The van der Waals surface area contributed by atoms with Crippen molar-refractivity contribution in [3.05, 3.63) is 12.6 Å². The fourth-order valence-corrected chi connectivity index (χ4v) is 4.01. The molecule has 0 N–H and O–H groups in total. The smallest absolute Gasteiger partial charge is 0.121 e. The molecule has 0 spiro atoms. The van der Waals surface area contributed by atoms with Gasteiger partial charge >= 0.3 is 0 Å². The maximum absolute atomic E-state index is 11.8. The Kier molecular flexibility index (Phi) is 6.73. The molecule has 2 rings (SSSR count). The maximum Gasteiger partial charge on any atom is 0.121 e. The molecule has 0 unspecified atom stereocenters. The third-order valence-electron chi connectivity index (χ3n) is 5.19. The normalized spacial score (nSPS) is 31.0. The Morgan fingerprint density at radius 3 is 2.00 bits per heavy atom. The molecule has 19 heavy (non-hydrogen) atoms. The molecule has 0 aromatic rings. The first-order valence-electron chi connectivity index (χ1n) is 8.27. The van der Waals surface area contributed by atoms with E-state index in [0.29, 0.717) is 18.9 Å². The van der Waals surface area contributed by atoms with Gasteiger partial charge in [-0.1, -0.05) is 44.9 Å². The van der Waals surface area contributed by atoms with Crippen LogP contribution in [-0.2, 0) is 4.74 Å². The average Bonchev–Trinajstić information content (AvgIpc) is 2.40. The van der Waals surface area contributed by atoms with Crippen molar-refractivity contribution in [2.45, 2.75) is 70.6 Å². The van der Waals surface area contributed by atoms with Gasteiger partial charge < -0.3 is 4.74 Å². The van der Waals surface area contributed by atoms with E-state index >= 15 is 0 Å². The van der Waals surface area contributed by atoms with Gasteiger partial charge in [0.05, 0.1) is 6.61 Å². The first-order valence-corrected chi connectivity index (χ1v) is 8.27. The van der Waals surface area contributed by atoms with Crippen LogP contribution in [0, 0.1) is 17.8 Å².